The van der Waals surface area contributed by atoms with E-state index in [0.29, 0.717) is 11.7 Å². The van der Waals surface area contributed by atoms with Gasteiger partial charge in [-0.15, -0.1) is 0 Å². The van der Waals surface area contributed by atoms with Gasteiger partial charge >= 0.3 is 0 Å². The molecule has 1 nitrogen and oxygen atoms in total. The van der Waals surface area contributed by atoms with Crippen molar-refractivity contribution in [3.05, 3.63) is 23.3 Å². The van der Waals surface area contributed by atoms with Crippen molar-refractivity contribution < 1.29 is 4.79 Å². The van der Waals surface area contributed by atoms with E-state index < -0.39 is 0 Å². The quantitative estimate of drug-likeness (QED) is 0.554. The molecule has 0 spiro atoms. The molecule has 0 saturated carbocycles. The Kier molecular flexibility index (Phi) is 2.10. The molecule has 2 atom stereocenters. The van der Waals surface area contributed by atoms with Gasteiger partial charge in [-0.3, -0.25) is 4.79 Å². The van der Waals surface area contributed by atoms with Crippen LogP contribution in [0.25, 0.3) is 0 Å². The van der Waals surface area contributed by atoms with E-state index in [2.05, 4.69) is 26.0 Å². The minimum Gasteiger partial charge on any atom is -0.299 e. The first-order valence-corrected chi connectivity index (χ1v) is 5.10. The average Bonchev–Trinajstić information content (AvgIpc) is 2.40. The number of ketones is 1. The molecule has 0 unspecified atom stereocenters. The van der Waals surface area contributed by atoms with E-state index in [1.807, 2.05) is 0 Å². The predicted molar refractivity (Wildman–Crippen MR) is 53.4 cm³/mol. The minimum atomic E-state index is 0.197. The Morgan fingerprint density at radius 3 is 2.92 bits per heavy atom. The summed E-state index contributed by atoms with van der Waals surface area (Å²) in [4.78, 5) is 11.8. The third-order valence-electron chi connectivity index (χ3n) is 3.25. The molecular formula is C12H16O. The van der Waals surface area contributed by atoms with Crippen LogP contribution in [0, 0.1) is 11.8 Å². The number of rotatable bonds is 0. The van der Waals surface area contributed by atoms with Crippen LogP contribution in [0.15, 0.2) is 23.3 Å². The number of Topliss-reactive ketones (excluding diaryl/α,β-unsaturated/α-hetero) is 1. The van der Waals surface area contributed by atoms with E-state index in [9.17, 15) is 4.79 Å². The molecule has 0 radical (unpaired) electrons. The van der Waals surface area contributed by atoms with Crippen molar-refractivity contribution in [2.45, 2.75) is 33.1 Å². The maximum Gasteiger partial charge on any atom is 0.140 e. The van der Waals surface area contributed by atoms with Gasteiger partial charge in [0.1, 0.15) is 5.78 Å². The van der Waals surface area contributed by atoms with Crippen LogP contribution in [0.2, 0.25) is 0 Å². The van der Waals surface area contributed by atoms with Gasteiger partial charge in [0.25, 0.3) is 0 Å². The first-order valence-electron chi connectivity index (χ1n) is 5.10. The summed E-state index contributed by atoms with van der Waals surface area (Å²) >= 11 is 0. The molecule has 0 aromatic heterocycles. The van der Waals surface area contributed by atoms with Crippen molar-refractivity contribution in [2.75, 3.05) is 0 Å². The van der Waals surface area contributed by atoms with Gasteiger partial charge in [-0.1, -0.05) is 24.6 Å². The number of fused-ring (bicyclic) bond motifs is 1. The average molecular weight is 176 g/mol. The fraction of sp³-hybridized carbons (Fsp3) is 0.583. The molecular weight excluding hydrogens is 160 g/mol. The second kappa shape index (κ2) is 3.13. The van der Waals surface area contributed by atoms with E-state index in [0.717, 1.165) is 19.3 Å². The van der Waals surface area contributed by atoms with Crippen LogP contribution >= 0.6 is 0 Å². The molecule has 0 aliphatic heterocycles. The van der Waals surface area contributed by atoms with Gasteiger partial charge in [-0.25, -0.2) is 0 Å². The van der Waals surface area contributed by atoms with E-state index in [1.54, 1.807) is 0 Å². The molecule has 13 heavy (non-hydrogen) atoms. The number of carbonyl (C=O) groups is 1. The fourth-order valence-electron chi connectivity index (χ4n) is 2.46. The standard InChI is InChI=1S/C12H16O/c1-8-4-3-5-11(13)12-9(2)6-7-10(8)12/h6-7,9,12H,3-5H2,1-2H3/t9-,12-/m1/s1. The van der Waals surface area contributed by atoms with Crippen LogP contribution in [-0.4, -0.2) is 5.78 Å². The molecule has 0 aromatic rings. The van der Waals surface area contributed by atoms with Crippen molar-refractivity contribution in [3.8, 4) is 0 Å². The molecule has 0 bridgehead atoms. The summed E-state index contributed by atoms with van der Waals surface area (Å²) in [5.74, 6) is 1.07. The van der Waals surface area contributed by atoms with Crippen LogP contribution < -0.4 is 0 Å². The zero-order valence-electron chi connectivity index (χ0n) is 8.34. The Morgan fingerprint density at radius 2 is 2.15 bits per heavy atom. The number of hydrogen-bond donors (Lipinski definition) is 0. The number of hydrogen-bond acceptors (Lipinski definition) is 1. The van der Waals surface area contributed by atoms with Gasteiger partial charge in [-0.2, -0.15) is 0 Å². The zero-order valence-corrected chi connectivity index (χ0v) is 8.34. The van der Waals surface area contributed by atoms with Crippen molar-refractivity contribution in [1.29, 1.82) is 0 Å². The topological polar surface area (TPSA) is 17.1 Å². The van der Waals surface area contributed by atoms with Crippen LogP contribution in [0.3, 0.4) is 0 Å². The highest BCUT2D eigenvalue weighted by Crippen LogP contribution is 2.37. The molecule has 0 heterocycles. The summed E-state index contributed by atoms with van der Waals surface area (Å²) in [6, 6.07) is 0. The lowest BCUT2D eigenvalue weighted by atomic mass is 9.88. The second-order valence-electron chi connectivity index (χ2n) is 4.25. The highest BCUT2D eigenvalue weighted by molar-refractivity contribution is 5.86. The Bertz CT molecular complexity index is 296. The van der Waals surface area contributed by atoms with Gasteiger partial charge < -0.3 is 0 Å². The molecule has 1 heteroatoms. The molecule has 0 aromatic carbocycles. The van der Waals surface area contributed by atoms with E-state index in [4.69, 9.17) is 0 Å². The third-order valence-corrected chi connectivity index (χ3v) is 3.25. The molecule has 2 aliphatic carbocycles. The van der Waals surface area contributed by atoms with Crippen LogP contribution in [0.4, 0.5) is 0 Å². The highest BCUT2D eigenvalue weighted by Gasteiger charge is 2.32. The monoisotopic (exact) mass is 176 g/mol. The summed E-state index contributed by atoms with van der Waals surface area (Å²) in [6.45, 7) is 4.31. The summed E-state index contributed by atoms with van der Waals surface area (Å²) in [7, 11) is 0. The van der Waals surface area contributed by atoms with Crippen molar-refractivity contribution in [2.24, 2.45) is 11.8 Å². The van der Waals surface area contributed by atoms with E-state index in [1.165, 1.54) is 11.1 Å². The second-order valence-corrected chi connectivity index (χ2v) is 4.25. The molecule has 70 valence electrons. The smallest absolute Gasteiger partial charge is 0.140 e. The number of carbonyl (C=O) groups excluding carboxylic acids is 1. The largest absolute Gasteiger partial charge is 0.299 e. The molecule has 2 aliphatic rings. The van der Waals surface area contributed by atoms with Gasteiger partial charge in [-0.05, 0) is 31.3 Å². The molecule has 0 saturated heterocycles. The van der Waals surface area contributed by atoms with Crippen molar-refractivity contribution >= 4 is 5.78 Å². The summed E-state index contributed by atoms with van der Waals surface area (Å²) in [5, 5.41) is 0. The van der Waals surface area contributed by atoms with Crippen LogP contribution in [0.1, 0.15) is 33.1 Å². The van der Waals surface area contributed by atoms with Crippen LogP contribution in [0.5, 0.6) is 0 Å². The summed E-state index contributed by atoms with van der Waals surface area (Å²) < 4.78 is 0. The Morgan fingerprint density at radius 1 is 1.38 bits per heavy atom. The van der Waals surface area contributed by atoms with Gasteiger partial charge in [0.05, 0.1) is 0 Å². The Labute approximate surface area is 79.5 Å². The Balaban J connectivity index is 2.40. The van der Waals surface area contributed by atoms with Gasteiger partial charge in [0.2, 0.25) is 0 Å². The minimum absolute atomic E-state index is 0.197. The summed E-state index contributed by atoms with van der Waals surface area (Å²) in [5.41, 5.74) is 2.74. The van der Waals surface area contributed by atoms with Crippen LogP contribution in [-0.2, 0) is 4.79 Å². The Hall–Kier alpha value is -0.850. The number of allylic oxidation sites excluding steroid dienone is 4. The molecule has 0 amide bonds. The zero-order chi connectivity index (χ0) is 9.42. The molecule has 0 fully saturated rings. The molecule has 2 rings (SSSR count). The lowest BCUT2D eigenvalue weighted by Crippen LogP contribution is -2.17. The maximum absolute atomic E-state index is 11.8. The first-order chi connectivity index (χ1) is 6.20. The third kappa shape index (κ3) is 1.37. The highest BCUT2D eigenvalue weighted by atomic mass is 16.1. The van der Waals surface area contributed by atoms with E-state index >= 15 is 0 Å². The van der Waals surface area contributed by atoms with Gasteiger partial charge in [0, 0.05) is 12.3 Å². The maximum atomic E-state index is 11.8. The predicted octanol–water partition coefficient (Wildman–Crippen LogP) is 2.88. The normalized spacial score (nSPS) is 33.5. The van der Waals surface area contributed by atoms with Gasteiger partial charge in [0.15, 0.2) is 0 Å². The lowest BCUT2D eigenvalue weighted by Gasteiger charge is -2.14. The first kappa shape index (κ1) is 8.74. The van der Waals surface area contributed by atoms with Crippen molar-refractivity contribution in [1.82, 2.24) is 0 Å². The van der Waals surface area contributed by atoms with E-state index in [-0.39, 0.29) is 5.92 Å². The SMILES string of the molecule is CC1=C2C=C[C@@H](C)[C@H]2C(=O)CCC1. The fourth-order valence-corrected chi connectivity index (χ4v) is 2.46. The lowest BCUT2D eigenvalue weighted by molar-refractivity contribution is -0.122. The molecule has 0 N–H and O–H groups in total. The summed E-state index contributed by atoms with van der Waals surface area (Å²) in [6.07, 6.45) is 7.26. The van der Waals surface area contributed by atoms with Crippen molar-refractivity contribution in [3.63, 3.8) is 0 Å².